The van der Waals surface area contributed by atoms with Gasteiger partial charge in [-0.1, -0.05) is 46.3 Å². The van der Waals surface area contributed by atoms with E-state index in [1.165, 1.54) is 0 Å². The molecular formula is C16H11BrN2O2. The van der Waals surface area contributed by atoms with Crippen molar-refractivity contribution in [1.82, 2.24) is 5.43 Å². The van der Waals surface area contributed by atoms with Gasteiger partial charge in [0, 0.05) is 9.86 Å². The first-order valence-corrected chi connectivity index (χ1v) is 7.09. The van der Waals surface area contributed by atoms with E-state index in [-0.39, 0.29) is 11.7 Å². The summed E-state index contributed by atoms with van der Waals surface area (Å²) in [4.78, 5) is 11.9. The highest BCUT2D eigenvalue weighted by atomic mass is 79.9. The molecule has 1 N–H and O–H groups in total. The third-order valence-electron chi connectivity index (χ3n) is 2.90. The number of carbonyl (C=O) groups is 1. The zero-order valence-corrected chi connectivity index (χ0v) is 12.5. The highest BCUT2D eigenvalue weighted by Crippen LogP contribution is 2.18. The fourth-order valence-electron chi connectivity index (χ4n) is 1.86. The van der Waals surface area contributed by atoms with Crippen molar-refractivity contribution in [3.05, 3.63) is 70.4 Å². The Kier molecular flexibility index (Phi) is 3.83. The third kappa shape index (κ3) is 3.20. The van der Waals surface area contributed by atoms with Crippen molar-refractivity contribution in [2.24, 2.45) is 5.10 Å². The van der Waals surface area contributed by atoms with E-state index >= 15 is 0 Å². The second kappa shape index (κ2) is 5.93. The number of furan rings is 1. The van der Waals surface area contributed by atoms with E-state index in [0.29, 0.717) is 5.58 Å². The molecule has 21 heavy (non-hydrogen) atoms. The minimum atomic E-state index is -0.375. The van der Waals surface area contributed by atoms with Crippen LogP contribution >= 0.6 is 15.9 Å². The summed E-state index contributed by atoms with van der Waals surface area (Å²) in [5.41, 5.74) is 4.02. The number of para-hydroxylation sites is 1. The predicted molar refractivity (Wildman–Crippen MR) is 85.4 cm³/mol. The van der Waals surface area contributed by atoms with Crippen LogP contribution in [0.5, 0.6) is 0 Å². The van der Waals surface area contributed by atoms with Gasteiger partial charge in [-0.05, 0) is 29.8 Å². The van der Waals surface area contributed by atoms with Gasteiger partial charge in [-0.2, -0.15) is 5.10 Å². The molecule has 104 valence electrons. The van der Waals surface area contributed by atoms with Gasteiger partial charge in [-0.15, -0.1) is 0 Å². The van der Waals surface area contributed by atoms with E-state index in [2.05, 4.69) is 26.5 Å². The lowest BCUT2D eigenvalue weighted by Gasteiger charge is -1.96. The molecule has 3 rings (SSSR count). The Morgan fingerprint density at radius 1 is 1.14 bits per heavy atom. The number of amides is 1. The van der Waals surface area contributed by atoms with Crippen molar-refractivity contribution < 1.29 is 9.21 Å². The molecule has 0 aliphatic carbocycles. The molecule has 0 aliphatic rings. The van der Waals surface area contributed by atoms with Crippen molar-refractivity contribution in [2.75, 3.05) is 0 Å². The first kappa shape index (κ1) is 13.6. The van der Waals surface area contributed by atoms with Crippen molar-refractivity contribution >= 4 is 39.0 Å². The Morgan fingerprint density at radius 3 is 2.67 bits per heavy atom. The topological polar surface area (TPSA) is 54.6 Å². The number of fused-ring (bicyclic) bond motifs is 1. The van der Waals surface area contributed by atoms with E-state index in [4.69, 9.17) is 4.42 Å². The Labute approximate surface area is 129 Å². The maximum atomic E-state index is 11.9. The van der Waals surface area contributed by atoms with Gasteiger partial charge in [0.2, 0.25) is 0 Å². The van der Waals surface area contributed by atoms with Crippen LogP contribution in [0.25, 0.3) is 11.0 Å². The molecule has 0 spiro atoms. The smallest absolute Gasteiger partial charge is 0.307 e. The summed E-state index contributed by atoms with van der Waals surface area (Å²) in [7, 11) is 0. The molecule has 0 fully saturated rings. The highest BCUT2D eigenvalue weighted by Gasteiger charge is 2.10. The van der Waals surface area contributed by atoms with Gasteiger partial charge in [0.1, 0.15) is 5.58 Å². The maximum Gasteiger partial charge on any atom is 0.307 e. The van der Waals surface area contributed by atoms with Crippen LogP contribution in [-0.2, 0) is 0 Å². The van der Waals surface area contributed by atoms with Crippen LogP contribution < -0.4 is 5.43 Å². The zero-order valence-electron chi connectivity index (χ0n) is 10.9. The average molecular weight is 343 g/mol. The number of hydrogen-bond donors (Lipinski definition) is 1. The fourth-order valence-corrected chi connectivity index (χ4v) is 2.13. The summed E-state index contributed by atoms with van der Waals surface area (Å²) < 4.78 is 6.45. The Hall–Kier alpha value is -2.40. The number of hydrazone groups is 1. The molecule has 1 aromatic heterocycles. The first-order chi connectivity index (χ1) is 10.2. The molecule has 0 unspecified atom stereocenters. The molecule has 0 saturated heterocycles. The second-order valence-corrected chi connectivity index (χ2v) is 5.31. The molecule has 4 nitrogen and oxygen atoms in total. The minimum Gasteiger partial charge on any atom is -0.451 e. The van der Waals surface area contributed by atoms with Crippen LogP contribution in [0.4, 0.5) is 0 Å². The third-order valence-corrected chi connectivity index (χ3v) is 3.43. The van der Waals surface area contributed by atoms with Crippen LogP contribution in [0.1, 0.15) is 16.1 Å². The monoisotopic (exact) mass is 342 g/mol. The SMILES string of the molecule is O=C(N/N=C/c1ccc(Br)cc1)c1cc2ccccc2o1. The maximum absolute atomic E-state index is 11.9. The van der Waals surface area contributed by atoms with Crippen molar-refractivity contribution in [2.45, 2.75) is 0 Å². The van der Waals surface area contributed by atoms with Gasteiger partial charge in [0.05, 0.1) is 6.21 Å². The summed E-state index contributed by atoms with van der Waals surface area (Å²) in [6.45, 7) is 0. The molecule has 5 heteroatoms. The molecule has 0 radical (unpaired) electrons. The standard InChI is InChI=1S/C16H11BrN2O2/c17-13-7-5-11(6-8-13)10-18-19-16(20)15-9-12-3-1-2-4-14(12)21-15/h1-10H,(H,19,20)/b18-10+. The molecule has 0 saturated carbocycles. The molecular weight excluding hydrogens is 332 g/mol. The molecule has 0 aliphatic heterocycles. The number of nitrogens with one attached hydrogen (secondary N) is 1. The molecule has 0 bridgehead atoms. The van der Waals surface area contributed by atoms with Crippen molar-refractivity contribution in [3.63, 3.8) is 0 Å². The van der Waals surface area contributed by atoms with Gasteiger partial charge in [-0.3, -0.25) is 4.79 Å². The predicted octanol–water partition coefficient (Wildman–Crippen LogP) is 3.96. The summed E-state index contributed by atoms with van der Waals surface area (Å²) in [5, 5.41) is 4.81. The lowest BCUT2D eigenvalue weighted by Crippen LogP contribution is -2.16. The molecule has 1 heterocycles. The summed E-state index contributed by atoms with van der Waals surface area (Å²) in [5.74, 6) is -0.135. The van der Waals surface area contributed by atoms with E-state index in [1.54, 1.807) is 12.3 Å². The number of nitrogens with zero attached hydrogens (tertiary/aromatic N) is 1. The van der Waals surface area contributed by atoms with Crippen LogP contribution in [0, 0.1) is 0 Å². The van der Waals surface area contributed by atoms with Crippen molar-refractivity contribution in [1.29, 1.82) is 0 Å². The lowest BCUT2D eigenvalue weighted by molar-refractivity contribution is 0.0929. The summed E-state index contributed by atoms with van der Waals surface area (Å²) >= 11 is 3.36. The number of rotatable bonds is 3. The molecule has 1 amide bonds. The summed E-state index contributed by atoms with van der Waals surface area (Å²) in [6.07, 6.45) is 1.58. The number of hydrogen-bond acceptors (Lipinski definition) is 3. The van der Waals surface area contributed by atoms with Gasteiger partial charge in [0.15, 0.2) is 5.76 Å². The Morgan fingerprint density at radius 2 is 1.90 bits per heavy atom. The molecule has 0 atom stereocenters. The van der Waals surface area contributed by atoms with E-state index in [9.17, 15) is 4.79 Å². The number of benzene rings is 2. The van der Waals surface area contributed by atoms with E-state index < -0.39 is 0 Å². The highest BCUT2D eigenvalue weighted by molar-refractivity contribution is 9.10. The Balaban J connectivity index is 1.70. The average Bonchev–Trinajstić information content (AvgIpc) is 2.93. The van der Waals surface area contributed by atoms with Gasteiger partial charge in [-0.25, -0.2) is 5.43 Å². The normalized spacial score (nSPS) is 11.1. The zero-order chi connectivity index (χ0) is 14.7. The molecule has 2 aromatic carbocycles. The van der Waals surface area contributed by atoms with E-state index in [0.717, 1.165) is 15.4 Å². The van der Waals surface area contributed by atoms with Crippen LogP contribution in [0.15, 0.2) is 68.6 Å². The molecule has 3 aromatic rings. The van der Waals surface area contributed by atoms with E-state index in [1.807, 2.05) is 48.5 Å². The van der Waals surface area contributed by atoms with Crippen molar-refractivity contribution in [3.8, 4) is 0 Å². The van der Waals surface area contributed by atoms with Gasteiger partial charge >= 0.3 is 5.91 Å². The van der Waals surface area contributed by atoms with Crippen LogP contribution in [0.2, 0.25) is 0 Å². The first-order valence-electron chi connectivity index (χ1n) is 6.30. The van der Waals surface area contributed by atoms with Gasteiger partial charge < -0.3 is 4.42 Å². The number of carbonyl (C=O) groups excluding carboxylic acids is 1. The largest absolute Gasteiger partial charge is 0.451 e. The summed E-state index contributed by atoms with van der Waals surface area (Å²) in [6, 6.07) is 16.7. The quantitative estimate of drug-likeness (QED) is 0.578. The van der Waals surface area contributed by atoms with Crippen LogP contribution in [0.3, 0.4) is 0 Å². The Bertz CT molecular complexity index is 774. The van der Waals surface area contributed by atoms with Crippen LogP contribution in [-0.4, -0.2) is 12.1 Å². The fraction of sp³-hybridized carbons (Fsp3) is 0. The minimum absolute atomic E-state index is 0.240. The lowest BCUT2D eigenvalue weighted by atomic mass is 10.2. The van der Waals surface area contributed by atoms with Gasteiger partial charge in [0.25, 0.3) is 0 Å². The number of halogens is 1. The second-order valence-electron chi connectivity index (χ2n) is 4.40.